The van der Waals surface area contributed by atoms with Crippen LogP contribution in [0.15, 0.2) is 50.4 Å². The summed E-state index contributed by atoms with van der Waals surface area (Å²) in [5.74, 6) is -0.920. The summed E-state index contributed by atoms with van der Waals surface area (Å²) < 4.78 is 31.5. The van der Waals surface area contributed by atoms with Gasteiger partial charge in [0.05, 0.1) is 4.90 Å². The van der Waals surface area contributed by atoms with E-state index in [2.05, 4.69) is 15.9 Å². The summed E-state index contributed by atoms with van der Waals surface area (Å²) in [5, 5.41) is 0. The number of nitrogens with two attached hydrogens (primary N) is 1. The van der Waals surface area contributed by atoms with Gasteiger partial charge in [-0.05, 0) is 58.7 Å². The minimum absolute atomic E-state index is 0.00208. The monoisotopic (exact) mass is 372 g/mol. The summed E-state index contributed by atoms with van der Waals surface area (Å²) in [7, 11) is -3.94. The van der Waals surface area contributed by atoms with Gasteiger partial charge in [0.15, 0.2) is 10.4 Å². The quantitative estimate of drug-likeness (QED) is 0.830. The molecule has 8 heteroatoms. The molecule has 0 atom stereocenters. The number of carbonyl (C=O) groups is 1. The Morgan fingerprint density at radius 3 is 2.38 bits per heavy atom. The Labute approximate surface area is 130 Å². The van der Waals surface area contributed by atoms with Gasteiger partial charge in [-0.3, -0.25) is 4.79 Å². The van der Waals surface area contributed by atoms with Gasteiger partial charge in [-0.2, -0.15) is 0 Å². The molecule has 0 aliphatic heterocycles. The van der Waals surface area contributed by atoms with Gasteiger partial charge < -0.3 is 10.2 Å². The second-order valence-electron chi connectivity index (χ2n) is 4.22. The van der Waals surface area contributed by atoms with Crippen molar-refractivity contribution in [2.75, 3.05) is 6.54 Å². The molecule has 21 heavy (non-hydrogen) atoms. The predicted octanol–water partition coefficient (Wildman–Crippen LogP) is 1.66. The highest BCUT2D eigenvalue weighted by Gasteiger charge is 2.20. The van der Waals surface area contributed by atoms with Crippen LogP contribution in [0.2, 0.25) is 0 Å². The van der Waals surface area contributed by atoms with E-state index in [9.17, 15) is 13.2 Å². The fraction of sp³-hybridized carbons (Fsp3) is 0.154. The summed E-state index contributed by atoms with van der Waals surface area (Å²) in [5.41, 5.74) is 6.36. The van der Waals surface area contributed by atoms with E-state index in [1.807, 2.05) is 4.72 Å². The zero-order chi connectivity index (χ0) is 15.5. The van der Waals surface area contributed by atoms with Crippen LogP contribution in [0.1, 0.15) is 16.1 Å². The molecule has 0 aliphatic rings. The van der Waals surface area contributed by atoms with Crippen molar-refractivity contribution in [3.05, 3.63) is 52.4 Å². The van der Waals surface area contributed by atoms with Crippen molar-refractivity contribution < 1.29 is 17.6 Å². The number of nitrogens with one attached hydrogen (secondary N) is 1. The van der Waals surface area contributed by atoms with Crippen molar-refractivity contribution in [3.63, 3.8) is 0 Å². The van der Waals surface area contributed by atoms with E-state index in [4.69, 9.17) is 10.2 Å². The van der Waals surface area contributed by atoms with Crippen LogP contribution >= 0.6 is 15.9 Å². The lowest BCUT2D eigenvalue weighted by atomic mass is 10.2. The van der Waals surface area contributed by atoms with E-state index in [1.165, 1.54) is 24.3 Å². The molecule has 1 aromatic heterocycles. The zero-order valence-corrected chi connectivity index (χ0v) is 13.3. The molecule has 0 radical (unpaired) electrons. The predicted molar refractivity (Wildman–Crippen MR) is 80.3 cm³/mol. The fourth-order valence-corrected chi connectivity index (χ4v) is 2.93. The molecule has 2 aromatic rings. The number of amides is 1. The van der Waals surface area contributed by atoms with Crippen molar-refractivity contribution in [2.24, 2.45) is 5.73 Å². The number of sulfonamides is 1. The average molecular weight is 373 g/mol. The minimum atomic E-state index is -3.94. The van der Waals surface area contributed by atoms with Crippen LogP contribution in [0.3, 0.4) is 0 Å². The van der Waals surface area contributed by atoms with Crippen LogP contribution in [0, 0.1) is 0 Å². The van der Waals surface area contributed by atoms with E-state index >= 15 is 0 Å². The lowest BCUT2D eigenvalue weighted by Crippen LogP contribution is -2.30. The van der Waals surface area contributed by atoms with Gasteiger partial charge in [0, 0.05) is 0 Å². The zero-order valence-electron chi connectivity index (χ0n) is 10.9. The first-order valence-corrected chi connectivity index (χ1v) is 8.31. The van der Waals surface area contributed by atoms with Gasteiger partial charge in [-0.25, -0.2) is 13.1 Å². The largest absolute Gasteiger partial charge is 0.444 e. The first kappa shape index (κ1) is 15.7. The second-order valence-corrected chi connectivity index (χ2v) is 6.68. The minimum Gasteiger partial charge on any atom is -0.444 e. The Balaban J connectivity index is 2.16. The summed E-state index contributed by atoms with van der Waals surface area (Å²) in [6.07, 6.45) is 0.660. The second kappa shape index (κ2) is 6.42. The summed E-state index contributed by atoms with van der Waals surface area (Å²) in [4.78, 5) is 11.8. The molecule has 1 amide bonds. The molecular formula is C13H13BrN2O4S. The molecule has 1 aromatic carbocycles. The summed E-state index contributed by atoms with van der Waals surface area (Å²) >= 11 is 3.04. The molecular weight excluding hydrogens is 360 g/mol. The van der Waals surface area contributed by atoms with E-state index in [0.717, 1.165) is 5.56 Å². The molecule has 112 valence electrons. The standard InChI is InChI=1S/C13H13BrN2O4S/c14-12-6-5-11(20-12)13(17)16-21(18,19)10-3-1-9(2-4-10)7-8-15/h1-6H,7-8,15H2,(H,16,17). The maximum Gasteiger partial charge on any atom is 0.300 e. The number of hydrogen-bond donors (Lipinski definition) is 2. The molecule has 0 saturated heterocycles. The van der Waals surface area contributed by atoms with Crippen LogP contribution in [0.4, 0.5) is 0 Å². The lowest BCUT2D eigenvalue weighted by Gasteiger charge is -2.06. The topological polar surface area (TPSA) is 102 Å². The summed E-state index contributed by atoms with van der Waals surface area (Å²) in [6.45, 7) is 0.482. The molecule has 0 bridgehead atoms. The first-order valence-electron chi connectivity index (χ1n) is 6.04. The van der Waals surface area contributed by atoms with E-state index < -0.39 is 15.9 Å². The highest BCUT2D eigenvalue weighted by atomic mass is 79.9. The Kier molecular flexibility index (Phi) is 4.81. The Bertz CT molecular complexity index is 738. The van der Waals surface area contributed by atoms with Crippen molar-refractivity contribution in [1.82, 2.24) is 4.72 Å². The third kappa shape index (κ3) is 3.93. The molecule has 0 aliphatic carbocycles. The lowest BCUT2D eigenvalue weighted by molar-refractivity contribution is 0.0953. The van der Waals surface area contributed by atoms with E-state index in [1.54, 1.807) is 12.1 Å². The number of benzene rings is 1. The third-order valence-electron chi connectivity index (χ3n) is 2.69. The van der Waals surface area contributed by atoms with Gasteiger partial charge in [0.1, 0.15) is 0 Å². The number of rotatable bonds is 5. The molecule has 3 N–H and O–H groups in total. The smallest absolute Gasteiger partial charge is 0.300 e. The van der Waals surface area contributed by atoms with Crippen LogP contribution in [0.25, 0.3) is 0 Å². The summed E-state index contributed by atoms with van der Waals surface area (Å²) in [6, 6.07) is 9.06. The van der Waals surface area contributed by atoms with Crippen LogP contribution < -0.4 is 10.5 Å². The van der Waals surface area contributed by atoms with Gasteiger partial charge in [-0.1, -0.05) is 12.1 Å². The fourth-order valence-electron chi connectivity index (χ4n) is 1.67. The van der Waals surface area contributed by atoms with Crippen molar-refractivity contribution in [3.8, 4) is 0 Å². The Morgan fingerprint density at radius 2 is 1.86 bits per heavy atom. The van der Waals surface area contributed by atoms with Gasteiger partial charge in [-0.15, -0.1) is 0 Å². The van der Waals surface area contributed by atoms with Crippen LogP contribution in [-0.4, -0.2) is 20.9 Å². The molecule has 6 nitrogen and oxygen atoms in total. The van der Waals surface area contributed by atoms with E-state index in [0.29, 0.717) is 17.6 Å². The van der Waals surface area contributed by atoms with Gasteiger partial charge >= 0.3 is 5.91 Å². The Morgan fingerprint density at radius 1 is 1.19 bits per heavy atom. The molecule has 0 spiro atoms. The Hall–Kier alpha value is -1.64. The first-order chi connectivity index (χ1) is 9.92. The third-order valence-corrected chi connectivity index (χ3v) is 4.46. The molecule has 0 unspecified atom stereocenters. The molecule has 2 rings (SSSR count). The van der Waals surface area contributed by atoms with Gasteiger partial charge in [0.25, 0.3) is 10.0 Å². The average Bonchev–Trinajstić information content (AvgIpc) is 2.86. The maximum atomic E-state index is 12.1. The number of furan rings is 1. The highest BCUT2D eigenvalue weighted by molar-refractivity contribution is 9.10. The molecule has 1 heterocycles. The van der Waals surface area contributed by atoms with E-state index in [-0.39, 0.29) is 10.7 Å². The number of hydrogen-bond acceptors (Lipinski definition) is 5. The van der Waals surface area contributed by atoms with Crippen molar-refractivity contribution >= 4 is 31.9 Å². The molecule has 0 saturated carbocycles. The van der Waals surface area contributed by atoms with Crippen LogP contribution in [-0.2, 0) is 16.4 Å². The number of carbonyl (C=O) groups excluding carboxylic acids is 1. The number of halogens is 1. The van der Waals surface area contributed by atoms with Crippen molar-refractivity contribution in [1.29, 1.82) is 0 Å². The van der Waals surface area contributed by atoms with Crippen LogP contribution in [0.5, 0.6) is 0 Å². The normalized spacial score (nSPS) is 11.3. The SMILES string of the molecule is NCCc1ccc(S(=O)(=O)NC(=O)c2ccc(Br)o2)cc1. The van der Waals surface area contributed by atoms with Crippen molar-refractivity contribution in [2.45, 2.75) is 11.3 Å². The molecule has 0 fully saturated rings. The highest BCUT2D eigenvalue weighted by Crippen LogP contribution is 2.15. The maximum absolute atomic E-state index is 12.1. The van der Waals surface area contributed by atoms with Gasteiger partial charge in [0.2, 0.25) is 0 Å².